The lowest BCUT2D eigenvalue weighted by atomic mass is 10.1. The van der Waals surface area contributed by atoms with E-state index in [0.29, 0.717) is 0 Å². The van der Waals surface area contributed by atoms with E-state index in [1.807, 2.05) is 0 Å². The molecule has 0 unspecified atom stereocenters. The smallest absolute Gasteiger partial charge is 0.319 e. The van der Waals surface area contributed by atoms with Gasteiger partial charge in [-0.2, -0.15) is 18.3 Å². The Morgan fingerprint density at radius 2 is 2.00 bits per heavy atom. The Bertz CT molecular complexity index is 849. The van der Waals surface area contributed by atoms with Crippen molar-refractivity contribution in [2.45, 2.75) is 6.18 Å². The molecule has 1 amide bonds. The predicted molar refractivity (Wildman–Crippen MR) is 76.3 cm³/mol. The first-order valence-electron chi connectivity index (χ1n) is 6.59. The standard InChI is InChI=1S/C14H9F3N6O/c15-14(16,17)9-1-2-12(23-8-19-7-21-23)10(5-9)22-13(24)11-6-18-3-4-20-11/h1-8H,(H,22,24). The maximum Gasteiger partial charge on any atom is 0.416 e. The summed E-state index contributed by atoms with van der Waals surface area (Å²) in [6.45, 7) is 0. The zero-order valence-corrected chi connectivity index (χ0v) is 11.9. The lowest BCUT2D eigenvalue weighted by Gasteiger charge is -2.14. The van der Waals surface area contributed by atoms with Gasteiger partial charge in [0.2, 0.25) is 0 Å². The van der Waals surface area contributed by atoms with Crippen LogP contribution >= 0.6 is 0 Å². The van der Waals surface area contributed by atoms with Crippen LogP contribution in [0.25, 0.3) is 5.69 Å². The molecular weight excluding hydrogens is 325 g/mol. The van der Waals surface area contributed by atoms with Crippen LogP contribution in [0.1, 0.15) is 16.1 Å². The van der Waals surface area contributed by atoms with Crippen molar-refractivity contribution in [2.75, 3.05) is 5.32 Å². The lowest BCUT2D eigenvalue weighted by molar-refractivity contribution is -0.137. The number of carbonyl (C=O) groups is 1. The molecule has 0 atom stereocenters. The molecule has 0 radical (unpaired) electrons. The van der Waals surface area contributed by atoms with Crippen molar-refractivity contribution in [3.05, 3.63) is 60.7 Å². The van der Waals surface area contributed by atoms with Crippen LogP contribution in [0.2, 0.25) is 0 Å². The Balaban J connectivity index is 2.01. The van der Waals surface area contributed by atoms with Gasteiger partial charge in [0.25, 0.3) is 5.91 Å². The van der Waals surface area contributed by atoms with Gasteiger partial charge in [0.05, 0.1) is 23.1 Å². The fourth-order valence-electron chi connectivity index (χ4n) is 1.95. The third-order valence-electron chi connectivity index (χ3n) is 3.03. The summed E-state index contributed by atoms with van der Waals surface area (Å²) >= 11 is 0. The minimum absolute atomic E-state index is 0.0283. The van der Waals surface area contributed by atoms with E-state index in [9.17, 15) is 18.0 Å². The molecule has 3 aromatic rings. The average molecular weight is 334 g/mol. The fourth-order valence-corrected chi connectivity index (χ4v) is 1.95. The van der Waals surface area contributed by atoms with Gasteiger partial charge in [-0.3, -0.25) is 9.78 Å². The lowest BCUT2D eigenvalue weighted by Crippen LogP contribution is -2.17. The quantitative estimate of drug-likeness (QED) is 0.794. The van der Waals surface area contributed by atoms with Crippen molar-refractivity contribution >= 4 is 11.6 Å². The Morgan fingerprint density at radius 3 is 2.62 bits per heavy atom. The van der Waals surface area contributed by atoms with Crippen LogP contribution in [-0.2, 0) is 6.18 Å². The molecule has 1 aromatic carbocycles. The van der Waals surface area contributed by atoms with Crippen molar-refractivity contribution in [3.8, 4) is 5.69 Å². The number of alkyl halides is 3. The van der Waals surface area contributed by atoms with E-state index >= 15 is 0 Å². The first-order chi connectivity index (χ1) is 11.4. The van der Waals surface area contributed by atoms with E-state index in [0.717, 1.165) is 12.1 Å². The van der Waals surface area contributed by atoms with E-state index in [4.69, 9.17) is 0 Å². The molecule has 0 aliphatic rings. The number of hydrogen-bond donors (Lipinski definition) is 1. The molecule has 0 saturated heterocycles. The number of nitrogens with one attached hydrogen (secondary N) is 1. The first-order valence-corrected chi connectivity index (χ1v) is 6.59. The number of hydrogen-bond acceptors (Lipinski definition) is 5. The molecule has 122 valence electrons. The molecule has 10 heteroatoms. The molecule has 2 aromatic heterocycles. The summed E-state index contributed by atoms with van der Waals surface area (Å²) in [6.07, 6.45) is 1.87. The molecule has 0 saturated carbocycles. The average Bonchev–Trinajstić information content (AvgIpc) is 3.09. The minimum atomic E-state index is -4.55. The summed E-state index contributed by atoms with van der Waals surface area (Å²) in [7, 11) is 0. The van der Waals surface area contributed by atoms with Gasteiger partial charge in [0, 0.05) is 12.4 Å². The van der Waals surface area contributed by atoms with E-state index in [1.165, 1.54) is 42.0 Å². The van der Waals surface area contributed by atoms with Gasteiger partial charge in [-0.25, -0.2) is 14.6 Å². The van der Waals surface area contributed by atoms with Crippen LogP contribution in [0.3, 0.4) is 0 Å². The number of anilines is 1. The molecule has 3 rings (SSSR count). The van der Waals surface area contributed by atoms with E-state index in [1.54, 1.807) is 0 Å². The zero-order valence-electron chi connectivity index (χ0n) is 11.9. The SMILES string of the molecule is O=C(Nc1cc(C(F)(F)F)ccc1-n1cncn1)c1cnccn1. The topological polar surface area (TPSA) is 85.6 Å². The van der Waals surface area contributed by atoms with Gasteiger partial charge >= 0.3 is 6.18 Å². The van der Waals surface area contributed by atoms with Crippen LogP contribution in [0.5, 0.6) is 0 Å². The first kappa shape index (κ1) is 15.6. The molecule has 0 bridgehead atoms. The van der Waals surface area contributed by atoms with Crippen LogP contribution in [0.15, 0.2) is 49.4 Å². The monoisotopic (exact) mass is 334 g/mol. The van der Waals surface area contributed by atoms with Crippen molar-refractivity contribution in [1.29, 1.82) is 0 Å². The Labute approximate surface area is 133 Å². The van der Waals surface area contributed by atoms with E-state index in [2.05, 4.69) is 25.4 Å². The normalized spacial score (nSPS) is 11.3. The van der Waals surface area contributed by atoms with Crippen LogP contribution < -0.4 is 5.32 Å². The number of rotatable bonds is 3. The molecular formula is C14H9F3N6O. The number of nitrogens with zero attached hydrogens (tertiary/aromatic N) is 5. The molecule has 0 spiro atoms. The summed E-state index contributed by atoms with van der Waals surface area (Å²) in [5, 5.41) is 6.26. The Kier molecular flexibility index (Phi) is 3.94. The molecule has 24 heavy (non-hydrogen) atoms. The zero-order chi connectivity index (χ0) is 17.2. The third-order valence-corrected chi connectivity index (χ3v) is 3.03. The van der Waals surface area contributed by atoms with Crippen molar-refractivity contribution in [3.63, 3.8) is 0 Å². The number of benzene rings is 1. The van der Waals surface area contributed by atoms with Crippen molar-refractivity contribution < 1.29 is 18.0 Å². The summed E-state index contributed by atoms with van der Waals surface area (Å²) in [5.41, 5.74) is -0.774. The number of aromatic nitrogens is 5. The second-order valence-electron chi connectivity index (χ2n) is 4.61. The molecule has 7 nitrogen and oxygen atoms in total. The van der Waals surface area contributed by atoms with E-state index < -0.39 is 17.6 Å². The second kappa shape index (κ2) is 6.07. The highest BCUT2D eigenvalue weighted by Gasteiger charge is 2.31. The minimum Gasteiger partial charge on any atom is -0.319 e. The van der Waals surface area contributed by atoms with Gasteiger partial charge < -0.3 is 5.32 Å². The maximum absolute atomic E-state index is 12.9. The highest BCUT2D eigenvalue weighted by Crippen LogP contribution is 2.33. The van der Waals surface area contributed by atoms with Gasteiger partial charge in [-0.1, -0.05) is 0 Å². The van der Waals surface area contributed by atoms with Gasteiger partial charge in [-0.05, 0) is 18.2 Å². The molecule has 0 aliphatic heterocycles. The number of halogens is 3. The summed E-state index contributed by atoms with van der Waals surface area (Å²) in [4.78, 5) is 23.5. The molecule has 0 fully saturated rings. The Hall–Kier alpha value is -3.30. The number of amides is 1. The highest BCUT2D eigenvalue weighted by molar-refractivity contribution is 6.03. The highest BCUT2D eigenvalue weighted by atomic mass is 19.4. The number of carbonyl (C=O) groups excluding carboxylic acids is 1. The third kappa shape index (κ3) is 3.21. The predicted octanol–water partition coefficient (Wildman–Crippen LogP) is 2.33. The van der Waals surface area contributed by atoms with Crippen molar-refractivity contribution in [1.82, 2.24) is 24.7 Å². The fraction of sp³-hybridized carbons (Fsp3) is 0.0714. The van der Waals surface area contributed by atoms with Gasteiger partial charge in [-0.15, -0.1) is 0 Å². The summed E-state index contributed by atoms with van der Waals surface area (Å²) < 4.78 is 40.0. The van der Waals surface area contributed by atoms with E-state index in [-0.39, 0.29) is 17.1 Å². The maximum atomic E-state index is 12.9. The largest absolute Gasteiger partial charge is 0.416 e. The molecule has 0 aliphatic carbocycles. The van der Waals surface area contributed by atoms with Crippen LogP contribution in [-0.4, -0.2) is 30.6 Å². The Morgan fingerprint density at radius 1 is 1.17 bits per heavy atom. The summed E-state index contributed by atoms with van der Waals surface area (Å²) in [5.74, 6) is -0.691. The second-order valence-corrected chi connectivity index (χ2v) is 4.61. The van der Waals surface area contributed by atoms with Crippen LogP contribution in [0, 0.1) is 0 Å². The summed E-state index contributed by atoms with van der Waals surface area (Å²) in [6, 6.07) is 2.92. The van der Waals surface area contributed by atoms with Crippen LogP contribution in [0.4, 0.5) is 18.9 Å². The molecule has 2 heterocycles. The van der Waals surface area contributed by atoms with Crippen molar-refractivity contribution in [2.24, 2.45) is 0 Å². The van der Waals surface area contributed by atoms with Gasteiger partial charge in [0.1, 0.15) is 18.3 Å². The molecule has 1 N–H and O–H groups in total. The van der Waals surface area contributed by atoms with Gasteiger partial charge in [0.15, 0.2) is 0 Å².